The van der Waals surface area contributed by atoms with Crippen LogP contribution in [0.25, 0.3) is 0 Å². The number of thioether (sulfide) groups is 1. The number of aromatic nitrogens is 2. The highest BCUT2D eigenvalue weighted by atomic mass is 32.2. The lowest BCUT2D eigenvalue weighted by atomic mass is 10.0. The first-order valence-corrected chi connectivity index (χ1v) is 8.85. The van der Waals surface area contributed by atoms with Crippen molar-refractivity contribution in [2.24, 2.45) is 0 Å². The van der Waals surface area contributed by atoms with Gasteiger partial charge in [-0.15, -0.1) is 10.2 Å². The number of cyclic esters (lactones) is 1. The summed E-state index contributed by atoms with van der Waals surface area (Å²) in [5.74, 6) is 0.365. The number of hydrogen-bond donors (Lipinski definition) is 1. The third kappa shape index (κ3) is 3.59. The molecule has 116 valence electrons. The van der Waals surface area contributed by atoms with Crippen molar-refractivity contribution < 1.29 is 9.53 Å². The zero-order chi connectivity index (χ0) is 15.5. The standard InChI is InChI=1S/C15H17N3O2S2/c1-9(2)10-3-5-11(6-4-10)16-14-17-18-15(22-14)21-12-7-8-20-13(12)19/h3-6,9,12H,7-8H2,1-2H3,(H,16,17)/t12-/m1/s1. The Balaban J connectivity index is 1.62. The van der Waals surface area contributed by atoms with Crippen molar-refractivity contribution in [3.8, 4) is 0 Å². The van der Waals surface area contributed by atoms with Crippen molar-refractivity contribution in [3.05, 3.63) is 29.8 Å². The Hall–Kier alpha value is -1.60. The van der Waals surface area contributed by atoms with E-state index in [1.165, 1.54) is 28.7 Å². The van der Waals surface area contributed by atoms with Gasteiger partial charge in [-0.3, -0.25) is 4.79 Å². The van der Waals surface area contributed by atoms with Crippen LogP contribution < -0.4 is 5.32 Å². The fourth-order valence-corrected chi connectivity index (χ4v) is 4.07. The number of rotatable bonds is 5. The molecule has 22 heavy (non-hydrogen) atoms. The molecule has 2 heterocycles. The van der Waals surface area contributed by atoms with E-state index in [0.717, 1.165) is 21.6 Å². The van der Waals surface area contributed by atoms with Crippen molar-refractivity contribution in [2.45, 2.75) is 35.8 Å². The van der Waals surface area contributed by atoms with Crippen LogP contribution in [0.2, 0.25) is 0 Å². The van der Waals surface area contributed by atoms with Crippen LogP contribution in [0.4, 0.5) is 10.8 Å². The SMILES string of the molecule is CC(C)c1ccc(Nc2nnc(S[C@@H]3CCOC3=O)s2)cc1. The molecule has 3 rings (SSSR count). The van der Waals surface area contributed by atoms with Gasteiger partial charge in [0.05, 0.1) is 6.61 Å². The topological polar surface area (TPSA) is 64.1 Å². The van der Waals surface area contributed by atoms with Crippen molar-refractivity contribution in [1.29, 1.82) is 0 Å². The van der Waals surface area contributed by atoms with E-state index < -0.39 is 0 Å². The summed E-state index contributed by atoms with van der Waals surface area (Å²) in [6.07, 6.45) is 0.739. The predicted octanol–water partition coefficient (Wildman–Crippen LogP) is 3.81. The van der Waals surface area contributed by atoms with Gasteiger partial charge >= 0.3 is 5.97 Å². The summed E-state index contributed by atoms with van der Waals surface area (Å²) in [4.78, 5) is 11.5. The van der Waals surface area contributed by atoms with Crippen LogP contribution in [0.5, 0.6) is 0 Å². The van der Waals surface area contributed by atoms with Crippen molar-refractivity contribution >= 4 is 39.9 Å². The number of carbonyl (C=O) groups excluding carboxylic acids is 1. The number of benzene rings is 1. The van der Waals surface area contributed by atoms with E-state index in [4.69, 9.17) is 4.74 Å². The number of carbonyl (C=O) groups is 1. The van der Waals surface area contributed by atoms with Crippen molar-refractivity contribution in [3.63, 3.8) is 0 Å². The van der Waals surface area contributed by atoms with Crippen LogP contribution in [0.15, 0.2) is 28.6 Å². The molecule has 1 aliphatic heterocycles. The molecule has 0 amide bonds. The van der Waals surface area contributed by atoms with Gasteiger partial charge in [0.25, 0.3) is 0 Å². The Labute approximate surface area is 137 Å². The molecule has 0 radical (unpaired) electrons. The molecule has 1 aromatic heterocycles. The van der Waals surface area contributed by atoms with Crippen LogP contribution in [0.3, 0.4) is 0 Å². The number of esters is 1. The van der Waals surface area contributed by atoms with Crippen LogP contribution in [0, 0.1) is 0 Å². The molecule has 0 unspecified atom stereocenters. The van der Waals surface area contributed by atoms with Gasteiger partial charge in [0.2, 0.25) is 5.13 Å². The first-order chi connectivity index (χ1) is 10.6. The number of nitrogens with one attached hydrogen (secondary N) is 1. The summed E-state index contributed by atoms with van der Waals surface area (Å²) < 4.78 is 5.73. The molecular formula is C15H17N3O2S2. The molecule has 1 fully saturated rings. The maximum atomic E-state index is 11.5. The van der Waals surface area contributed by atoms with E-state index in [0.29, 0.717) is 12.5 Å². The van der Waals surface area contributed by atoms with Crippen LogP contribution in [-0.4, -0.2) is 28.0 Å². The molecule has 0 saturated carbocycles. The third-order valence-corrected chi connectivity index (χ3v) is 5.53. The molecule has 1 aromatic carbocycles. The van der Waals surface area contributed by atoms with Crippen LogP contribution in [0.1, 0.15) is 31.7 Å². The fraction of sp³-hybridized carbons (Fsp3) is 0.400. The monoisotopic (exact) mass is 335 g/mol. The second-order valence-corrected chi connectivity index (χ2v) is 7.76. The minimum absolute atomic E-state index is 0.147. The molecule has 7 heteroatoms. The normalized spacial score (nSPS) is 17.8. The largest absolute Gasteiger partial charge is 0.465 e. The summed E-state index contributed by atoms with van der Waals surface area (Å²) in [6.45, 7) is 4.85. The Morgan fingerprint density at radius 1 is 1.32 bits per heavy atom. The molecule has 1 aliphatic rings. The van der Waals surface area contributed by atoms with Gasteiger partial charge in [-0.1, -0.05) is 49.1 Å². The molecule has 0 bridgehead atoms. The lowest BCUT2D eigenvalue weighted by Gasteiger charge is -2.06. The van der Waals surface area contributed by atoms with E-state index in [9.17, 15) is 4.79 Å². The zero-order valence-electron chi connectivity index (χ0n) is 12.4. The molecule has 0 aliphatic carbocycles. The quantitative estimate of drug-likeness (QED) is 0.838. The summed E-state index contributed by atoms with van der Waals surface area (Å²) in [6, 6.07) is 8.30. The average Bonchev–Trinajstić information content (AvgIpc) is 3.10. The van der Waals surface area contributed by atoms with E-state index in [1.807, 2.05) is 12.1 Å². The summed E-state index contributed by atoms with van der Waals surface area (Å²) in [5.41, 5.74) is 2.29. The average molecular weight is 335 g/mol. The molecule has 1 atom stereocenters. The molecular weight excluding hydrogens is 318 g/mol. The lowest BCUT2D eigenvalue weighted by molar-refractivity contribution is -0.137. The number of anilines is 2. The predicted molar refractivity (Wildman–Crippen MR) is 88.9 cm³/mol. The summed E-state index contributed by atoms with van der Waals surface area (Å²) in [5, 5.41) is 12.1. The lowest BCUT2D eigenvalue weighted by Crippen LogP contribution is -2.08. The fourth-order valence-electron chi connectivity index (χ4n) is 2.09. The van der Waals surface area contributed by atoms with E-state index in [1.54, 1.807) is 0 Å². The minimum Gasteiger partial charge on any atom is -0.465 e. The number of nitrogens with zero attached hydrogens (tertiary/aromatic N) is 2. The first kappa shape index (κ1) is 15.3. The van der Waals surface area contributed by atoms with Gasteiger partial charge in [-0.2, -0.15) is 0 Å². The third-order valence-electron chi connectivity index (χ3n) is 3.37. The molecule has 0 spiro atoms. The highest BCUT2D eigenvalue weighted by Gasteiger charge is 2.28. The highest BCUT2D eigenvalue weighted by Crippen LogP contribution is 2.34. The highest BCUT2D eigenvalue weighted by molar-refractivity contribution is 8.02. The maximum absolute atomic E-state index is 11.5. The maximum Gasteiger partial charge on any atom is 0.319 e. The summed E-state index contributed by atoms with van der Waals surface area (Å²) >= 11 is 2.88. The second-order valence-electron chi connectivity index (χ2n) is 5.34. The van der Waals surface area contributed by atoms with E-state index in [2.05, 4.69) is 41.5 Å². The Bertz CT molecular complexity index is 655. The molecule has 1 N–H and O–H groups in total. The second kappa shape index (κ2) is 6.66. The minimum atomic E-state index is -0.154. The van der Waals surface area contributed by atoms with Gasteiger partial charge in [-0.05, 0) is 23.6 Å². The van der Waals surface area contributed by atoms with Gasteiger partial charge in [0.15, 0.2) is 4.34 Å². The Kier molecular flexibility index (Phi) is 4.63. The van der Waals surface area contributed by atoms with E-state index in [-0.39, 0.29) is 11.2 Å². The van der Waals surface area contributed by atoms with Gasteiger partial charge in [0.1, 0.15) is 5.25 Å². The van der Waals surface area contributed by atoms with Crippen LogP contribution in [-0.2, 0) is 9.53 Å². The van der Waals surface area contributed by atoms with Crippen molar-refractivity contribution in [1.82, 2.24) is 10.2 Å². The van der Waals surface area contributed by atoms with Gasteiger partial charge in [-0.25, -0.2) is 0 Å². The van der Waals surface area contributed by atoms with Gasteiger partial charge < -0.3 is 10.1 Å². The number of hydrogen-bond acceptors (Lipinski definition) is 7. The van der Waals surface area contributed by atoms with Crippen LogP contribution >= 0.6 is 23.1 Å². The molecule has 5 nitrogen and oxygen atoms in total. The van der Waals surface area contributed by atoms with Gasteiger partial charge in [0, 0.05) is 12.1 Å². The van der Waals surface area contributed by atoms with Crippen molar-refractivity contribution in [2.75, 3.05) is 11.9 Å². The zero-order valence-corrected chi connectivity index (χ0v) is 14.0. The summed E-state index contributed by atoms with van der Waals surface area (Å²) in [7, 11) is 0. The Morgan fingerprint density at radius 3 is 2.73 bits per heavy atom. The smallest absolute Gasteiger partial charge is 0.319 e. The first-order valence-electron chi connectivity index (χ1n) is 7.15. The van der Waals surface area contributed by atoms with E-state index >= 15 is 0 Å². The number of ether oxygens (including phenoxy) is 1. The molecule has 1 saturated heterocycles. The Morgan fingerprint density at radius 2 is 2.09 bits per heavy atom. The molecule has 2 aromatic rings.